The maximum Gasteiger partial charge on any atom is 0.121 e. The first kappa shape index (κ1) is 13.2. The number of aliphatic hydroxyl groups excluding tert-OH is 1. The number of anilines is 1. The normalized spacial score (nSPS) is 16.8. The number of benzene rings is 2. The van der Waals surface area contributed by atoms with Gasteiger partial charge in [0.2, 0.25) is 0 Å². The minimum atomic E-state index is -0.143. The second kappa shape index (κ2) is 5.31. The first-order valence-electron chi connectivity index (χ1n) is 6.98. The predicted octanol–water partition coefficient (Wildman–Crippen LogP) is 1.79. The Hall–Kier alpha value is -1.78. The van der Waals surface area contributed by atoms with Gasteiger partial charge in [-0.25, -0.2) is 0 Å². The number of nitrogens with zero attached hydrogens (tertiary/aromatic N) is 2. The molecule has 1 heterocycles. The summed E-state index contributed by atoms with van der Waals surface area (Å²) in [7, 11) is 2.14. The molecule has 2 N–H and O–H groups in total. The first-order chi connectivity index (χ1) is 9.69. The molecule has 0 aliphatic carbocycles. The van der Waals surface area contributed by atoms with Crippen LogP contribution in [0.3, 0.4) is 0 Å². The Morgan fingerprint density at radius 2 is 1.75 bits per heavy atom. The van der Waals surface area contributed by atoms with E-state index >= 15 is 0 Å². The summed E-state index contributed by atoms with van der Waals surface area (Å²) in [5.74, 6) is 0.163. The zero-order valence-corrected chi connectivity index (χ0v) is 11.7. The van der Waals surface area contributed by atoms with Crippen molar-refractivity contribution in [1.29, 1.82) is 0 Å². The van der Waals surface area contributed by atoms with Crippen LogP contribution in [0.4, 0.5) is 5.69 Å². The SMILES string of the molecule is CN1CCN(c2ccc3ccc(O)c(CO)c3c2)CC1. The molecular formula is C16H20N2O2. The van der Waals surface area contributed by atoms with Crippen molar-refractivity contribution in [3.05, 3.63) is 35.9 Å². The molecule has 2 aromatic carbocycles. The van der Waals surface area contributed by atoms with Gasteiger partial charge in [0.05, 0.1) is 6.61 Å². The summed E-state index contributed by atoms with van der Waals surface area (Å²) >= 11 is 0. The van der Waals surface area contributed by atoms with Gasteiger partial charge in [-0.1, -0.05) is 12.1 Å². The van der Waals surface area contributed by atoms with Gasteiger partial charge < -0.3 is 20.0 Å². The Morgan fingerprint density at radius 3 is 2.45 bits per heavy atom. The van der Waals surface area contributed by atoms with Gasteiger partial charge in [0.15, 0.2) is 0 Å². The molecule has 1 fully saturated rings. The average Bonchev–Trinajstić information content (AvgIpc) is 2.47. The molecule has 1 aliphatic heterocycles. The molecule has 0 amide bonds. The Balaban J connectivity index is 2.01. The van der Waals surface area contributed by atoms with Crippen LogP contribution in [-0.4, -0.2) is 48.3 Å². The third kappa shape index (κ3) is 2.32. The number of hydrogen-bond donors (Lipinski definition) is 2. The highest BCUT2D eigenvalue weighted by molar-refractivity contribution is 5.90. The first-order valence-corrected chi connectivity index (χ1v) is 6.98. The largest absolute Gasteiger partial charge is 0.508 e. The van der Waals surface area contributed by atoms with E-state index in [-0.39, 0.29) is 12.4 Å². The molecule has 0 radical (unpaired) electrons. The zero-order chi connectivity index (χ0) is 14.1. The van der Waals surface area contributed by atoms with Gasteiger partial charge in [0.1, 0.15) is 5.75 Å². The second-order valence-electron chi connectivity index (χ2n) is 5.42. The Bertz CT molecular complexity index is 619. The number of phenols is 1. The third-order valence-electron chi connectivity index (χ3n) is 4.12. The van der Waals surface area contributed by atoms with E-state index in [1.807, 2.05) is 6.07 Å². The maximum atomic E-state index is 9.86. The van der Waals surface area contributed by atoms with Crippen molar-refractivity contribution in [3.8, 4) is 5.75 Å². The molecule has 2 aromatic rings. The summed E-state index contributed by atoms with van der Waals surface area (Å²) < 4.78 is 0. The van der Waals surface area contributed by atoms with Gasteiger partial charge in [-0.2, -0.15) is 0 Å². The van der Waals surface area contributed by atoms with Gasteiger partial charge in [-0.3, -0.25) is 0 Å². The monoisotopic (exact) mass is 272 g/mol. The highest BCUT2D eigenvalue weighted by Gasteiger charge is 2.15. The van der Waals surface area contributed by atoms with Crippen LogP contribution in [0.15, 0.2) is 30.3 Å². The van der Waals surface area contributed by atoms with Crippen molar-refractivity contribution >= 4 is 16.5 Å². The van der Waals surface area contributed by atoms with Crippen molar-refractivity contribution in [1.82, 2.24) is 4.90 Å². The molecule has 0 unspecified atom stereocenters. The molecule has 106 valence electrons. The lowest BCUT2D eigenvalue weighted by Gasteiger charge is -2.34. The number of aliphatic hydroxyl groups is 1. The Morgan fingerprint density at radius 1 is 1.05 bits per heavy atom. The van der Waals surface area contributed by atoms with Gasteiger partial charge in [-0.05, 0) is 36.0 Å². The summed E-state index contributed by atoms with van der Waals surface area (Å²) in [6.07, 6.45) is 0. The van der Waals surface area contributed by atoms with E-state index in [0.717, 1.165) is 42.6 Å². The minimum Gasteiger partial charge on any atom is -0.508 e. The molecular weight excluding hydrogens is 252 g/mol. The third-order valence-corrected chi connectivity index (χ3v) is 4.12. The van der Waals surface area contributed by atoms with Gasteiger partial charge >= 0.3 is 0 Å². The fourth-order valence-electron chi connectivity index (χ4n) is 2.79. The van der Waals surface area contributed by atoms with Crippen LogP contribution in [0.5, 0.6) is 5.75 Å². The second-order valence-corrected chi connectivity index (χ2v) is 5.42. The lowest BCUT2D eigenvalue weighted by atomic mass is 10.0. The highest BCUT2D eigenvalue weighted by Crippen LogP contribution is 2.30. The standard InChI is InChI=1S/C16H20N2O2/c1-17-6-8-18(9-7-17)13-4-2-12-3-5-16(20)15(11-19)14(12)10-13/h2-5,10,19-20H,6-9,11H2,1H3. The quantitative estimate of drug-likeness (QED) is 0.875. The van der Waals surface area contributed by atoms with Crippen molar-refractivity contribution in [2.75, 3.05) is 38.1 Å². The lowest BCUT2D eigenvalue weighted by Crippen LogP contribution is -2.44. The highest BCUT2D eigenvalue weighted by atomic mass is 16.3. The van der Waals surface area contributed by atoms with Crippen LogP contribution in [0.25, 0.3) is 10.8 Å². The smallest absolute Gasteiger partial charge is 0.121 e. The van der Waals surface area contributed by atoms with E-state index < -0.39 is 0 Å². The van der Waals surface area contributed by atoms with Gasteiger partial charge in [0.25, 0.3) is 0 Å². The number of aromatic hydroxyl groups is 1. The molecule has 0 spiro atoms. The van der Waals surface area contributed by atoms with Crippen molar-refractivity contribution in [2.24, 2.45) is 0 Å². The zero-order valence-electron chi connectivity index (χ0n) is 11.7. The number of piperazine rings is 1. The van der Waals surface area contributed by atoms with Crippen LogP contribution < -0.4 is 4.90 Å². The van der Waals surface area contributed by atoms with Crippen LogP contribution >= 0.6 is 0 Å². The number of likely N-dealkylation sites (N-methyl/N-ethyl adjacent to an activating group) is 1. The summed E-state index contributed by atoms with van der Waals surface area (Å²) in [4.78, 5) is 4.67. The average molecular weight is 272 g/mol. The molecule has 0 saturated carbocycles. The summed E-state index contributed by atoms with van der Waals surface area (Å²) in [6, 6.07) is 9.78. The summed E-state index contributed by atoms with van der Waals surface area (Å²) in [5, 5.41) is 21.3. The molecule has 20 heavy (non-hydrogen) atoms. The van der Waals surface area contributed by atoms with Gasteiger partial charge in [0, 0.05) is 37.4 Å². The van der Waals surface area contributed by atoms with E-state index in [9.17, 15) is 10.2 Å². The fraction of sp³-hybridized carbons (Fsp3) is 0.375. The predicted molar refractivity (Wildman–Crippen MR) is 81.2 cm³/mol. The number of fused-ring (bicyclic) bond motifs is 1. The van der Waals surface area contributed by atoms with E-state index in [2.05, 4.69) is 35.0 Å². The minimum absolute atomic E-state index is 0.143. The summed E-state index contributed by atoms with van der Waals surface area (Å²) in [5.41, 5.74) is 1.77. The van der Waals surface area contributed by atoms with Crippen molar-refractivity contribution < 1.29 is 10.2 Å². The van der Waals surface area contributed by atoms with Crippen LogP contribution in [-0.2, 0) is 6.61 Å². The van der Waals surface area contributed by atoms with E-state index in [4.69, 9.17) is 0 Å². The van der Waals surface area contributed by atoms with Crippen LogP contribution in [0.2, 0.25) is 0 Å². The molecule has 1 aliphatic rings. The van der Waals surface area contributed by atoms with Crippen LogP contribution in [0, 0.1) is 0 Å². The molecule has 4 heteroatoms. The van der Waals surface area contributed by atoms with Gasteiger partial charge in [-0.15, -0.1) is 0 Å². The van der Waals surface area contributed by atoms with Crippen molar-refractivity contribution in [2.45, 2.75) is 6.61 Å². The topological polar surface area (TPSA) is 46.9 Å². The number of hydrogen-bond acceptors (Lipinski definition) is 4. The molecule has 0 atom stereocenters. The Labute approximate surface area is 118 Å². The molecule has 0 bridgehead atoms. The maximum absolute atomic E-state index is 9.86. The molecule has 1 saturated heterocycles. The Kier molecular flexibility index (Phi) is 3.51. The van der Waals surface area contributed by atoms with E-state index in [1.165, 1.54) is 0 Å². The molecule has 0 aromatic heterocycles. The molecule has 4 nitrogen and oxygen atoms in total. The fourth-order valence-corrected chi connectivity index (χ4v) is 2.79. The van der Waals surface area contributed by atoms with Crippen LogP contribution in [0.1, 0.15) is 5.56 Å². The lowest BCUT2D eigenvalue weighted by molar-refractivity contribution is 0.277. The van der Waals surface area contributed by atoms with E-state index in [1.54, 1.807) is 6.07 Å². The van der Waals surface area contributed by atoms with Crippen molar-refractivity contribution in [3.63, 3.8) is 0 Å². The summed E-state index contributed by atoms with van der Waals surface area (Å²) in [6.45, 7) is 4.00. The number of rotatable bonds is 2. The molecule has 3 rings (SSSR count). The van der Waals surface area contributed by atoms with E-state index in [0.29, 0.717) is 5.56 Å².